The highest BCUT2D eigenvalue weighted by molar-refractivity contribution is 5.73. The summed E-state index contributed by atoms with van der Waals surface area (Å²) in [4.78, 5) is 11.0. The summed E-state index contributed by atoms with van der Waals surface area (Å²) in [5.74, 6) is -0.000738. The zero-order chi connectivity index (χ0) is 9.97. The fraction of sp³-hybridized carbons (Fsp3) is 0.364. The van der Waals surface area contributed by atoms with E-state index in [1.165, 1.54) is 11.1 Å². The van der Waals surface area contributed by atoms with Gasteiger partial charge >= 0.3 is 0 Å². The molecule has 0 fully saturated rings. The van der Waals surface area contributed by atoms with Crippen LogP contribution >= 0.6 is 0 Å². The van der Waals surface area contributed by atoms with Crippen molar-refractivity contribution in [1.29, 1.82) is 0 Å². The maximum absolute atomic E-state index is 11.0. The monoisotopic (exact) mass is 190 g/mol. The van der Waals surface area contributed by atoms with E-state index in [-0.39, 0.29) is 12.1 Å². The Morgan fingerprint density at radius 2 is 2.29 bits per heavy atom. The van der Waals surface area contributed by atoms with Gasteiger partial charge in [-0.05, 0) is 17.5 Å². The van der Waals surface area contributed by atoms with Crippen molar-refractivity contribution in [3.05, 3.63) is 35.4 Å². The van der Waals surface area contributed by atoms with Gasteiger partial charge in [-0.3, -0.25) is 10.1 Å². The smallest absolute Gasteiger partial charge is 0.218 e. The molecule has 0 saturated heterocycles. The van der Waals surface area contributed by atoms with Gasteiger partial charge < -0.3 is 5.32 Å². The van der Waals surface area contributed by atoms with Crippen molar-refractivity contribution in [3.8, 4) is 0 Å². The molecule has 3 nitrogen and oxygen atoms in total. The first-order valence-electron chi connectivity index (χ1n) is 4.85. The average Bonchev–Trinajstić information content (AvgIpc) is 2.18. The standard InChI is InChI=1S/C11H14N2O/c1-8(14)13-11-10-5-3-2-4-9(10)6-7-12-11/h2-5,11-12H,6-7H2,1H3,(H,13,14)/t11-/m0/s1. The van der Waals surface area contributed by atoms with E-state index in [2.05, 4.69) is 22.8 Å². The van der Waals surface area contributed by atoms with Gasteiger partial charge in [0.1, 0.15) is 6.17 Å². The fourth-order valence-electron chi connectivity index (χ4n) is 1.84. The molecule has 2 rings (SSSR count). The Morgan fingerprint density at radius 1 is 1.50 bits per heavy atom. The Morgan fingerprint density at radius 3 is 3.07 bits per heavy atom. The number of amides is 1. The Balaban J connectivity index is 2.26. The largest absolute Gasteiger partial charge is 0.337 e. The van der Waals surface area contributed by atoms with E-state index in [9.17, 15) is 4.79 Å². The molecule has 0 aromatic heterocycles. The van der Waals surface area contributed by atoms with Gasteiger partial charge in [-0.25, -0.2) is 0 Å². The summed E-state index contributed by atoms with van der Waals surface area (Å²) in [6.45, 7) is 2.46. The number of carbonyl (C=O) groups excluding carboxylic acids is 1. The predicted molar refractivity (Wildman–Crippen MR) is 54.7 cm³/mol. The number of hydrogen-bond acceptors (Lipinski definition) is 2. The number of fused-ring (bicyclic) bond motifs is 1. The van der Waals surface area contributed by atoms with Crippen molar-refractivity contribution in [2.75, 3.05) is 6.54 Å². The van der Waals surface area contributed by atoms with Crippen molar-refractivity contribution < 1.29 is 4.79 Å². The second-order valence-electron chi connectivity index (χ2n) is 3.54. The van der Waals surface area contributed by atoms with Crippen molar-refractivity contribution >= 4 is 5.91 Å². The summed E-state index contributed by atoms with van der Waals surface area (Å²) in [5.41, 5.74) is 2.51. The lowest BCUT2D eigenvalue weighted by atomic mass is 9.98. The summed E-state index contributed by atoms with van der Waals surface area (Å²) >= 11 is 0. The molecule has 1 aliphatic heterocycles. The average molecular weight is 190 g/mol. The van der Waals surface area contributed by atoms with Crippen LogP contribution in [0.2, 0.25) is 0 Å². The topological polar surface area (TPSA) is 41.1 Å². The zero-order valence-corrected chi connectivity index (χ0v) is 8.21. The van der Waals surface area contributed by atoms with Crippen LogP contribution in [0, 0.1) is 0 Å². The number of rotatable bonds is 1. The Labute approximate surface area is 83.5 Å². The Kier molecular flexibility index (Phi) is 2.50. The number of nitrogens with one attached hydrogen (secondary N) is 2. The van der Waals surface area contributed by atoms with Gasteiger partial charge in [-0.15, -0.1) is 0 Å². The third-order valence-corrected chi connectivity index (χ3v) is 2.46. The Hall–Kier alpha value is -1.35. The summed E-state index contributed by atoms with van der Waals surface area (Å²) in [6, 6.07) is 8.21. The summed E-state index contributed by atoms with van der Waals surface area (Å²) < 4.78 is 0. The van der Waals surface area contributed by atoms with Crippen molar-refractivity contribution in [2.24, 2.45) is 0 Å². The van der Waals surface area contributed by atoms with Crippen LogP contribution in [0.4, 0.5) is 0 Å². The van der Waals surface area contributed by atoms with E-state index in [1.54, 1.807) is 6.92 Å². The normalized spacial score (nSPS) is 19.9. The molecule has 2 N–H and O–H groups in total. The van der Waals surface area contributed by atoms with Crippen LogP contribution in [-0.2, 0) is 11.2 Å². The zero-order valence-electron chi connectivity index (χ0n) is 8.21. The van der Waals surface area contributed by atoms with Crippen LogP contribution in [0.5, 0.6) is 0 Å². The van der Waals surface area contributed by atoms with Gasteiger partial charge in [-0.2, -0.15) is 0 Å². The first kappa shape index (κ1) is 9.21. The van der Waals surface area contributed by atoms with E-state index >= 15 is 0 Å². The van der Waals surface area contributed by atoms with Crippen LogP contribution in [0.25, 0.3) is 0 Å². The van der Waals surface area contributed by atoms with E-state index in [4.69, 9.17) is 0 Å². The van der Waals surface area contributed by atoms with E-state index < -0.39 is 0 Å². The molecule has 1 aromatic carbocycles. The minimum absolute atomic E-state index is 0.000738. The molecule has 0 spiro atoms. The minimum atomic E-state index is -0.0163. The highest BCUT2D eigenvalue weighted by Gasteiger charge is 2.18. The lowest BCUT2D eigenvalue weighted by Gasteiger charge is -2.27. The molecular formula is C11H14N2O. The molecule has 74 valence electrons. The van der Waals surface area contributed by atoms with Crippen LogP contribution in [0.15, 0.2) is 24.3 Å². The molecule has 0 unspecified atom stereocenters. The van der Waals surface area contributed by atoms with Gasteiger partial charge in [0.2, 0.25) is 5.91 Å². The van der Waals surface area contributed by atoms with Crippen LogP contribution in [0.1, 0.15) is 24.2 Å². The molecule has 1 aromatic rings. The molecule has 0 saturated carbocycles. The predicted octanol–water partition coefficient (Wildman–Crippen LogP) is 0.967. The molecule has 0 radical (unpaired) electrons. The molecule has 14 heavy (non-hydrogen) atoms. The van der Waals surface area contributed by atoms with Gasteiger partial charge in [0.05, 0.1) is 0 Å². The minimum Gasteiger partial charge on any atom is -0.337 e. The van der Waals surface area contributed by atoms with Gasteiger partial charge in [0, 0.05) is 13.5 Å². The second-order valence-corrected chi connectivity index (χ2v) is 3.54. The third kappa shape index (κ3) is 1.77. The lowest BCUT2D eigenvalue weighted by Crippen LogP contribution is -2.41. The van der Waals surface area contributed by atoms with Gasteiger partial charge in [0.25, 0.3) is 0 Å². The van der Waals surface area contributed by atoms with E-state index in [1.807, 2.05) is 12.1 Å². The van der Waals surface area contributed by atoms with Gasteiger partial charge in [0.15, 0.2) is 0 Å². The second kappa shape index (κ2) is 3.80. The Bertz CT molecular complexity index is 349. The highest BCUT2D eigenvalue weighted by Crippen LogP contribution is 2.20. The first-order chi connectivity index (χ1) is 6.77. The summed E-state index contributed by atoms with van der Waals surface area (Å²) in [5, 5.41) is 6.16. The molecular weight excluding hydrogens is 176 g/mol. The molecule has 0 bridgehead atoms. The fourth-order valence-corrected chi connectivity index (χ4v) is 1.84. The van der Waals surface area contributed by atoms with Crippen molar-refractivity contribution in [3.63, 3.8) is 0 Å². The maximum Gasteiger partial charge on any atom is 0.218 e. The van der Waals surface area contributed by atoms with Crippen molar-refractivity contribution in [1.82, 2.24) is 10.6 Å². The number of hydrogen-bond donors (Lipinski definition) is 2. The number of benzene rings is 1. The molecule has 0 aliphatic carbocycles. The molecule has 3 heteroatoms. The first-order valence-corrected chi connectivity index (χ1v) is 4.85. The molecule has 1 heterocycles. The molecule has 1 aliphatic rings. The van der Waals surface area contributed by atoms with Crippen molar-refractivity contribution in [2.45, 2.75) is 19.5 Å². The summed E-state index contributed by atoms with van der Waals surface area (Å²) in [6.07, 6.45) is 1.02. The quantitative estimate of drug-likeness (QED) is 0.692. The summed E-state index contributed by atoms with van der Waals surface area (Å²) in [7, 11) is 0. The van der Waals surface area contributed by atoms with Crippen LogP contribution in [0.3, 0.4) is 0 Å². The maximum atomic E-state index is 11.0. The van der Waals surface area contributed by atoms with Gasteiger partial charge in [-0.1, -0.05) is 24.3 Å². The third-order valence-electron chi connectivity index (χ3n) is 2.46. The lowest BCUT2D eigenvalue weighted by molar-refractivity contribution is -0.119. The van der Waals surface area contributed by atoms with Crippen LogP contribution in [-0.4, -0.2) is 12.5 Å². The SMILES string of the molecule is CC(=O)N[C@@H]1NCCc2ccccc21. The molecule has 1 amide bonds. The van der Waals surface area contributed by atoms with Crippen LogP contribution < -0.4 is 10.6 Å². The number of carbonyl (C=O) groups is 1. The highest BCUT2D eigenvalue weighted by atomic mass is 16.1. The van der Waals surface area contributed by atoms with E-state index in [0.717, 1.165) is 13.0 Å². The molecule has 1 atom stereocenters. The van der Waals surface area contributed by atoms with E-state index in [0.29, 0.717) is 0 Å².